The first kappa shape index (κ1) is 15.9. The molecule has 3 rings (SSSR count). The molecular formula is C13H11N5O5S. The highest BCUT2D eigenvalue weighted by atomic mass is 32.1. The Hall–Kier alpha value is -2.95. The minimum atomic E-state index is -0.755. The number of anilines is 1. The van der Waals surface area contributed by atoms with Gasteiger partial charge in [-0.25, -0.2) is 0 Å². The van der Waals surface area contributed by atoms with Gasteiger partial charge in [-0.1, -0.05) is 11.3 Å². The quantitative estimate of drug-likeness (QED) is 0.646. The molecule has 1 fully saturated rings. The van der Waals surface area contributed by atoms with Crippen molar-refractivity contribution in [3.05, 3.63) is 48.5 Å². The molecule has 0 atom stereocenters. The second kappa shape index (κ2) is 5.92. The number of nitro benzene ring substituents is 2. The lowest BCUT2D eigenvalue weighted by atomic mass is 10.1. The lowest BCUT2D eigenvalue weighted by Crippen LogP contribution is -2.13. The van der Waals surface area contributed by atoms with Crippen LogP contribution < -0.4 is 5.32 Å². The van der Waals surface area contributed by atoms with E-state index >= 15 is 0 Å². The second-order valence-corrected chi connectivity index (χ2v) is 6.34. The molecule has 0 spiro atoms. The summed E-state index contributed by atoms with van der Waals surface area (Å²) in [7, 11) is 0. The Labute approximate surface area is 138 Å². The molecule has 0 radical (unpaired) electrons. The van der Waals surface area contributed by atoms with Gasteiger partial charge in [0.1, 0.15) is 10.6 Å². The fourth-order valence-corrected chi connectivity index (χ4v) is 3.05. The molecule has 0 saturated heterocycles. The molecule has 1 heterocycles. The van der Waals surface area contributed by atoms with Crippen molar-refractivity contribution in [1.29, 1.82) is 0 Å². The number of rotatable bonds is 5. The standard InChI is InChI=1S/C13H11N5O5S/c1-6-9(17(20)21)4-8(5-10(6)18(22)23)11(19)14-13-16-15-12(24-13)7-2-3-7/h4-5,7H,2-3H2,1H3,(H,14,16,19). The number of nitrogens with zero attached hydrogens (tertiary/aromatic N) is 4. The summed E-state index contributed by atoms with van der Waals surface area (Å²) in [5.41, 5.74) is -1.24. The van der Waals surface area contributed by atoms with E-state index in [-0.39, 0.29) is 16.3 Å². The van der Waals surface area contributed by atoms with Gasteiger partial charge in [-0.05, 0) is 19.8 Å². The van der Waals surface area contributed by atoms with Crippen molar-refractivity contribution in [2.75, 3.05) is 5.32 Å². The van der Waals surface area contributed by atoms with Gasteiger partial charge in [-0.3, -0.25) is 30.3 Å². The Morgan fingerprint density at radius 3 is 2.29 bits per heavy atom. The number of benzene rings is 1. The largest absolute Gasteiger partial charge is 0.296 e. The molecule has 10 nitrogen and oxygen atoms in total. The first-order valence-corrected chi connectivity index (χ1v) is 7.76. The van der Waals surface area contributed by atoms with E-state index < -0.39 is 27.1 Å². The molecule has 0 unspecified atom stereocenters. The van der Waals surface area contributed by atoms with Gasteiger partial charge in [0.05, 0.1) is 15.4 Å². The average Bonchev–Trinajstić information content (AvgIpc) is 3.27. The van der Waals surface area contributed by atoms with E-state index in [4.69, 9.17) is 0 Å². The van der Waals surface area contributed by atoms with Crippen LogP contribution >= 0.6 is 11.3 Å². The normalized spacial score (nSPS) is 13.5. The number of hydrogen-bond donors (Lipinski definition) is 1. The molecule has 1 amide bonds. The van der Waals surface area contributed by atoms with Crippen LogP contribution in [0.3, 0.4) is 0 Å². The molecule has 24 heavy (non-hydrogen) atoms. The van der Waals surface area contributed by atoms with Crippen LogP contribution in [0.1, 0.15) is 39.7 Å². The van der Waals surface area contributed by atoms with Crippen molar-refractivity contribution < 1.29 is 14.6 Å². The highest BCUT2D eigenvalue weighted by Crippen LogP contribution is 2.42. The topological polar surface area (TPSA) is 141 Å². The van der Waals surface area contributed by atoms with Crippen molar-refractivity contribution >= 4 is 33.8 Å². The number of hydrogen-bond acceptors (Lipinski definition) is 8. The van der Waals surface area contributed by atoms with E-state index in [0.29, 0.717) is 5.92 Å². The second-order valence-electron chi connectivity index (χ2n) is 5.33. The predicted octanol–water partition coefficient (Wildman–Crippen LogP) is 2.79. The monoisotopic (exact) mass is 349 g/mol. The Bertz CT molecular complexity index is 825. The van der Waals surface area contributed by atoms with Crippen LogP contribution in [0.5, 0.6) is 0 Å². The van der Waals surface area contributed by atoms with Gasteiger partial charge in [0.15, 0.2) is 0 Å². The Morgan fingerprint density at radius 1 is 1.21 bits per heavy atom. The summed E-state index contributed by atoms with van der Waals surface area (Å²) >= 11 is 1.23. The number of aromatic nitrogens is 2. The van der Waals surface area contributed by atoms with E-state index in [9.17, 15) is 25.0 Å². The fraction of sp³-hybridized carbons (Fsp3) is 0.308. The summed E-state index contributed by atoms with van der Waals surface area (Å²) in [6.45, 7) is 1.27. The Balaban J connectivity index is 1.90. The van der Waals surface area contributed by atoms with Crippen molar-refractivity contribution in [3.63, 3.8) is 0 Å². The maximum Gasteiger partial charge on any atom is 0.279 e. The van der Waals surface area contributed by atoms with Crippen LogP contribution in [0, 0.1) is 27.2 Å². The Morgan fingerprint density at radius 2 is 1.79 bits per heavy atom. The van der Waals surface area contributed by atoms with Crippen LogP contribution in [-0.4, -0.2) is 26.0 Å². The summed E-state index contributed by atoms with van der Waals surface area (Å²) in [5, 5.41) is 33.5. The number of carbonyl (C=O) groups is 1. The molecule has 124 valence electrons. The first-order valence-electron chi connectivity index (χ1n) is 6.95. The molecule has 1 aromatic carbocycles. The molecule has 1 aliphatic rings. The van der Waals surface area contributed by atoms with Gasteiger partial charge in [-0.15, -0.1) is 10.2 Å². The molecule has 0 bridgehead atoms. The molecular weight excluding hydrogens is 338 g/mol. The number of nitrogens with one attached hydrogen (secondary N) is 1. The van der Waals surface area contributed by atoms with Crippen molar-refractivity contribution in [3.8, 4) is 0 Å². The van der Waals surface area contributed by atoms with Crippen LogP contribution in [0.2, 0.25) is 0 Å². The van der Waals surface area contributed by atoms with Crippen molar-refractivity contribution in [1.82, 2.24) is 10.2 Å². The lowest BCUT2D eigenvalue weighted by molar-refractivity contribution is -0.395. The molecule has 0 aliphatic heterocycles. The number of carbonyl (C=O) groups excluding carboxylic acids is 1. The zero-order valence-corrected chi connectivity index (χ0v) is 13.2. The fourth-order valence-electron chi connectivity index (χ4n) is 2.14. The predicted molar refractivity (Wildman–Crippen MR) is 84.3 cm³/mol. The van der Waals surface area contributed by atoms with E-state index in [1.807, 2.05) is 0 Å². The summed E-state index contributed by atoms with van der Waals surface area (Å²) in [6.07, 6.45) is 2.08. The molecule has 11 heteroatoms. The van der Waals surface area contributed by atoms with Gasteiger partial charge in [0, 0.05) is 18.1 Å². The summed E-state index contributed by atoms with van der Waals surface area (Å²) in [5.74, 6) is -0.325. The van der Waals surface area contributed by atoms with E-state index in [1.165, 1.54) is 18.3 Å². The van der Waals surface area contributed by atoms with Crippen LogP contribution in [0.4, 0.5) is 16.5 Å². The van der Waals surface area contributed by atoms with Gasteiger partial charge in [-0.2, -0.15) is 0 Å². The minimum absolute atomic E-state index is 0.103. The van der Waals surface area contributed by atoms with E-state index in [2.05, 4.69) is 15.5 Å². The summed E-state index contributed by atoms with van der Waals surface area (Å²) in [6, 6.07) is 2.03. The van der Waals surface area contributed by atoms with Crippen molar-refractivity contribution in [2.45, 2.75) is 25.7 Å². The average molecular weight is 349 g/mol. The lowest BCUT2D eigenvalue weighted by Gasteiger charge is -2.04. The van der Waals surface area contributed by atoms with Gasteiger partial charge >= 0.3 is 0 Å². The molecule has 1 N–H and O–H groups in total. The van der Waals surface area contributed by atoms with Gasteiger partial charge in [0.2, 0.25) is 5.13 Å². The minimum Gasteiger partial charge on any atom is -0.296 e. The SMILES string of the molecule is Cc1c([N+](=O)[O-])cc(C(=O)Nc2nnc(C3CC3)s2)cc1[N+](=O)[O-]. The third-order valence-corrected chi connectivity index (χ3v) is 4.60. The van der Waals surface area contributed by atoms with Crippen LogP contribution in [-0.2, 0) is 0 Å². The summed E-state index contributed by atoms with van der Waals surface area (Å²) in [4.78, 5) is 32.8. The van der Waals surface area contributed by atoms with Gasteiger partial charge in [0.25, 0.3) is 17.3 Å². The smallest absolute Gasteiger partial charge is 0.279 e. The maximum atomic E-state index is 12.3. The van der Waals surface area contributed by atoms with Crippen LogP contribution in [0.15, 0.2) is 12.1 Å². The number of amides is 1. The Kier molecular flexibility index (Phi) is 3.93. The summed E-state index contributed by atoms with van der Waals surface area (Å²) < 4.78 is 0. The highest BCUT2D eigenvalue weighted by Gasteiger charge is 2.29. The molecule has 1 aromatic heterocycles. The zero-order chi connectivity index (χ0) is 17.4. The zero-order valence-electron chi connectivity index (χ0n) is 12.4. The first-order chi connectivity index (χ1) is 11.4. The number of nitro groups is 2. The van der Waals surface area contributed by atoms with Crippen LogP contribution in [0.25, 0.3) is 0 Å². The molecule has 1 saturated carbocycles. The maximum absolute atomic E-state index is 12.3. The van der Waals surface area contributed by atoms with Crippen molar-refractivity contribution in [2.24, 2.45) is 0 Å². The van der Waals surface area contributed by atoms with E-state index in [0.717, 1.165) is 30.0 Å². The van der Waals surface area contributed by atoms with E-state index in [1.54, 1.807) is 0 Å². The molecule has 2 aromatic rings. The van der Waals surface area contributed by atoms with Gasteiger partial charge < -0.3 is 0 Å². The third kappa shape index (κ3) is 3.06. The highest BCUT2D eigenvalue weighted by molar-refractivity contribution is 7.15. The third-order valence-electron chi connectivity index (χ3n) is 3.60. The molecule has 1 aliphatic carbocycles.